The van der Waals surface area contributed by atoms with Gasteiger partial charge in [0.2, 0.25) is 0 Å². The second kappa shape index (κ2) is 6.69. The molecule has 0 spiro atoms. The number of rotatable bonds is 4. The largest absolute Gasteiger partial charge is 0.494 e. The van der Waals surface area contributed by atoms with Gasteiger partial charge in [-0.2, -0.15) is 5.26 Å². The number of ether oxygens (including phenoxy) is 1. The number of hydrogen-bond donors (Lipinski definition) is 1. The molecule has 24 heavy (non-hydrogen) atoms. The van der Waals surface area contributed by atoms with E-state index < -0.39 is 11.9 Å². The van der Waals surface area contributed by atoms with Gasteiger partial charge in [0.25, 0.3) is 0 Å². The van der Waals surface area contributed by atoms with Crippen molar-refractivity contribution in [1.29, 1.82) is 5.26 Å². The van der Waals surface area contributed by atoms with Crippen LogP contribution >= 0.6 is 0 Å². The van der Waals surface area contributed by atoms with Crippen LogP contribution in [0.2, 0.25) is 0 Å². The third-order valence-electron chi connectivity index (χ3n) is 3.88. The van der Waals surface area contributed by atoms with Crippen LogP contribution in [0.1, 0.15) is 29.7 Å². The van der Waals surface area contributed by atoms with Crippen molar-refractivity contribution in [2.45, 2.75) is 13.0 Å². The molecule has 0 amide bonds. The molecule has 0 heterocycles. The monoisotopic (exact) mass is 321 g/mol. The van der Waals surface area contributed by atoms with Crippen LogP contribution in [-0.4, -0.2) is 11.7 Å². The van der Waals surface area contributed by atoms with E-state index in [0.29, 0.717) is 17.7 Å². The van der Waals surface area contributed by atoms with E-state index in [1.54, 1.807) is 6.07 Å². The van der Waals surface area contributed by atoms with Gasteiger partial charge in [0.1, 0.15) is 17.7 Å². The molecule has 3 aromatic rings. The Morgan fingerprint density at radius 2 is 1.83 bits per heavy atom. The van der Waals surface area contributed by atoms with Crippen LogP contribution in [0.4, 0.5) is 4.39 Å². The third kappa shape index (κ3) is 3.08. The highest BCUT2D eigenvalue weighted by atomic mass is 19.1. The fraction of sp³-hybridized carbons (Fsp3) is 0.150. The predicted octanol–water partition coefficient (Wildman–Crippen LogP) is 4.33. The normalized spacial score (nSPS) is 11.9. The lowest BCUT2D eigenvalue weighted by molar-refractivity contribution is 0.215. The molecule has 0 saturated carbocycles. The highest BCUT2D eigenvalue weighted by Crippen LogP contribution is 2.29. The standard InChI is InChI=1S/C20H16FNO2/c1-2-24-17-7-6-14-10-16(5-4-15(14)11-17)20(23)18-9-13(12-22)3-8-19(18)21/h3-11,20,23H,2H2,1H3. The Labute approximate surface area is 139 Å². The van der Waals surface area contributed by atoms with Gasteiger partial charge in [-0.15, -0.1) is 0 Å². The van der Waals surface area contributed by atoms with Gasteiger partial charge >= 0.3 is 0 Å². The summed E-state index contributed by atoms with van der Waals surface area (Å²) < 4.78 is 19.5. The average Bonchev–Trinajstić information content (AvgIpc) is 2.61. The SMILES string of the molecule is CCOc1ccc2cc(C(O)c3cc(C#N)ccc3F)ccc2c1. The number of fused-ring (bicyclic) bond motifs is 1. The number of nitrogens with zero attached hydrogens (tertiary/aromatic N) is 1. The van der Waals surface area contributed by atoms with E-state index in [-0.39, 0.29) is 5.56 Å². The first-order valence-corrected chi connectivity index (χ1v) is 7.66. The Bertz CT molecular complexity index is 931. The van der Waals surface area contributed by atoms with Crippen LogP contribution in [0.15, 0.2) is 54.6 Å². The molecule has 1 N–H and O–H groups in total. The van der Waals surface area contributed by atoms with Crippen LogP contribution < -0.4 is 4.74 Å². The van der Waals surface area contributed by atoms with Crippen molar-refractivity contribution in [2.24, 2.45) is 0 Å². The number of benzene rings is 3. The molecule has 3 aromatic carbocycles. The third-order valence-corrected chi connectivity index (χ3v) is 3.88. The molecule has 120 valence electrons. The molecule has 0 bridgehead atoms. The van der Waals surface area contributed by atoms with Crippen LogP contribution in [0.25, 0.3) is 10.8 Å². The molecule has 0 aliphatic rings. The summed E-state index contributed by atoms with van der Waals surface area (Å²) in [6, 6.07) is 17.0. The number of aliphatic hydroxyl groups excluding tert-OH is 1. The highest BCUT2D eigenvalue weighted by molar-refractivity contribution is 5.84. The molecule has 1 atom stereocenters. The van der Waals surface area contributed by atoms with Crippen molar-refractivity contribution in [3.63, 3.8) is 0 Å². The molecule has 0 radical (unpaired) electrons. The minimum atomic E-state index is -1.13. The van der Waals surface area contributed by atoms with E-state index in [2.05, 4.69) is 0 Å². The van der Waals surface area contributed by atoms with Gasteiger partial charge in [-0.25, -0.2) is 4.39 Å². The molecule has 3 nitrogen and oxygen atoms in total. The topological polar surface area (TPSA) is 53.2 Å². The van der Waals surface area contributed by atoms with Gasteiger partial charge in [0, 0.05) is 5.56 Å². The lowest BCUT2D eigenvalue weighted by Gasteiger charge is -2.14. The smallest absolute Gasteiger partial charge is 0.129 e. The zero-order valence-electron chi connectivity index (χ0n) is 13.2. The summed E-state index contributed by atoms with van der Waals surface area (Å²) in [7, 11) is 0. The molecule has 0 aliphatic carbocycles. The van der Waals surface area contributed by atoms with E-state index in [9.17, 15) is 9.50 Å². The van der Waals surface area contributed by atoms with Crippen molar-refractivity contribution in [2.75, 3.05) is 6.61 Å². The maximum atomic E-state index is 14.0. The van der Waals surface area contributed by atoms with Crippen molar-refractivity contribution in [3.8, 4) is 11.8 Å². The fourth-order valence-electron chi connectivity index (χ4n) is 2.67. The molecule has 4 heteroatoms. The van der Waals surface area contributed by atoms with Crippen molar-refractivity contribution < 1.29 is 14.2 Å². The van der Waals surface area contributed by atoms with Crippen LogP contribution in [-0.2, 0) is 0 Å². The molecular formula is C20H16FNO2. The van der Waals surface area contributed by atoms with Gasteiger partial charge in [-0.3, -0.25) is 0 Å². The number of halogens is 1. The first-order chi connectivity index (χ1) is 11.6. The quantitative estimate of drug-likeness (QED) is 0.778. The van der Waals surface area contributed by atoms with Gasteiger partial charge in [0.05, 0.1) is 18.2 Å². The van der Waals surface area contributed by atoms with Crippen LogP contribution in [0.3, 0.4) is 0 Å². The summed E-state index contributed by atoms with van der Waals surface area (Å²) in [4.78, 5) is 0. The van der Waals surface area contributed by atoms with Crippen LogP contribution in [0.5, 0.6) is 5.75 Å². The van der Waals surface area contributed by atoms with Gasteiger partial charge in [-0.1, -0.05) is 18.2 Å². The van der Waals surface area contributed by atoms with Crippen molar-refractivity contribution >= 4 is 10.8 Å². The first-order valence-electron chi connectivity index (χ1n) is 7.66. The second-order valence-electron chi connectivity index (χ2n) is 5.45. The van der Waals surface area contributed by atoms with Gasteiger partial charge in [0.15, 0.2) is 0 Å². The van der Waals surface area contributed by atoms with E-state index in [0.717, 1.165) is 16.5 Å². The predicted molar refractivity (Wildman–Crippen MR) is 90.3 cm³/mol. The van der Waals surface area contributed by atoms with E-state index in [1.165, 1.54) is 18.2 Å². The summed E-state index contributed by atoms with van der Waals surface area (Å²) in [5.74, 6) is 0.249. The number of nitriles is 1. The summed E-state index contributed by atoms with van der Waals surface area (Å²) in [5, 5.41) is 21.4. The second-order valence-corrected chi connectivity index (χ2v) is 5.45. The molecule has 0 fully saturated rings. The molecule has 0 saturated heterocycles. The maximum Gasteiger partial charge on any atom is 0.129 e. The Balaban J connectivity index is 2.00. The summed E-state index contributed by atoms with van der Waals surface area (Å²) >= 11 is 0. The lowest BCUT2D eigenvalue weighted by atomic mass is 9.97. The average molecular weight is 321 g/mol. The zero-order chi connectivity index (χ0) is 17.1. The molecule has 3 rings (SSSR count). The molecule has 0 aromatic heterocycles. The van der Waals surface area contributed by atoms with E-state index >= 15 is 0 Å². The Morgan fingerprint density at radius 1 is 1.08 bits per heavy atom. The van der Waals surface area contributed by atoms with E-state index in [4.69, 9.17) is 10.00 Å². The Morgan fingerprint density at radius 3 is 2.58 bits per heavy atom. The highest BCUT2D eigenvalue weighted by Gasteiger charge is 2.16. The first kappa shape index (κ1) is 16.0. The number of aliphatic hydroxyl groups is 1. The van der Waals surface area contributed by atoms with Gasteiger partial charge < -0.3 is 9.84 Å². The van der Waals surface area contributed by atoms with Crippen LogP contribution in [0, 0.1) is 17.1 Å². The maximum absolute atomic E-state index is 14.0. The minimum absolute atomic E-state index is 0.0966. The minimum Gasteiger partial charge on any atom is -0.494 e. The molecule has 1 unspecified atom stereocenters. The summed E-state index contributed by atoms with van der Waals surface area (Å²) in [5.41, 5.74) is 0.979. The van der Waals surface area contributed by atoms with Crippen molar-refractivity contribution in [3.05, 3.63) is 77.1 Å². The zero-order valence-corrected chi connectivity index (χ0v) is 13.2. The fourth-order valence-corrected chi connectivity index (χ4v) is 2.67. The van der Waals surface area contributed by atoms with E-state index in [1.807, 2.05) is 43.3 Å². The molecule has 0 aliphatic heterocycles. The summed E-state index contributed by atoms with van der Waals surface area (Å²) in [6.07, 6.45) is -1.13. The van der Waals surface area contributed by atoms with Gasteiger partial charge in [-0.05, 0) is 59.7 Å². The molecular weight excluding hydrogens is 305 g/mol. The van der Waals surface area contributed by atoms with Crippen molar-refractivity contribution in [1.82, 2.24) is 0 Å². The number of hydrogen-bond acceptors (Lipinski definition) is 3. The lowest BCUT2D eigenvalue weighted by Crippen LogP contribution is -2.03. The summed E-state index contributed by atoms with van der Waals surface area (Å²) in [6.45, 7) is 2.52. The Kier molecular flexibility index (Phi) is 4.45. The Hall–Kier alpha value is -2.90.